The van der Waals surface area contributed by atoms with E-state index in [1.165, 1.54) is 4.68 Å². The van der Waals surface area contributed by atoms with Gasteiger partial charge in [0.15, 0.2) is 4.90 Å². The van der Waals surface area contributed by atoms with Gasteiger partial charge in [0.2, 0.25) is 10.0 Å². The molecule has 0 saturated carbocycles. The van der Waals surface area contributed by atoms with Crippen molar-refractivity contribution in [3.8, 4) is 5.69 Å². The largest absolute Gasteiger partial charge is 0.466 e. The summed E-state index contributed by atoms with van der Waals surface area (Å²) in [5, 5.41) is 4.41. The molecule has 1 atom stereocenters. The fraction of sp³-hybridized carbons (Fsp3) is 0.393. The molecule has 2 aliphatic heterocycles. The molecule has 0 bridgehead atoms. The summed E-state index contributed by atoms with van der Waals surface area (Å²) in [4.78, 5) is 29.3. The lowest BCUT2D eigenvalue weighted by Gasteiger charge is -2.39. The quantitative estimate of drug-likeness (QED) is 0.389. The number of para-hydroxylation sites is 1. The average molecular weight is 588 g/mol. The zero-order chi connectivity index (χ0) is 29.1. The number of ether oxygens (including phenoxy) is 1. The maximum Gasteiger partial charge on any atom is 0.310 e. The van der Waals surface area contributed by atoms with E-state index in [-0.39, 0.29) is 44.3 Å². The minimum Gasteiger partial charge on any atom is -0.466 e. The molecule has 0 spiro atoms. The number of hydrogen-bond acceptors (Lipinski definition) is 8. The van der Waals surface area contributed by atoms with Crippen LogP contribution >= 0.6 is 0 Å². The minimum absolute atomic E-state index is 0.0528. The zero-order valence-corrected chi connectivity index (χ0v) is 23.4. The van der Waals surface area contributed by atoms with Gasteiger partial charge in [0.25, 0.3) is 5.56 Å². The van der Waals surface area contributed by atoms with Gasteiger partial charge in [-0.1, -0.05) is 24.3 Å². The van der Waals surface area contributed by atoms with Crippen molar-refractivity contribution in [3.05, 3.63) is 76.7 Å². The highest BCUT2D eigenvalue weighted by Gasteiger charge is 2.36. The Kier molecular flexibility index (Phi) is 8.36. The van der Waals surface area contributed by atoms with Gasteiger partial charge in [0.1, 0.15) is 17.3 Å². The number of aromatic nitrogens is 2. The minimum atomic E-state index is -4.42. The van der Waals surface area contributed by atoms with Crippen molar-refractivity contribution in [1.29, 1.82) is 0 Å². The van der Waals surface area contributed by atoms with Gasteiger partial charge in [0, 0.05) is 39.3 Å². The van der Waals surface area contributed by atoms with Crippen LogP contribution in [0, 0.1) is 17.6 Å². The number of carbonyl (C=O) groups excluding carboxylic acids is 1. The first-order valence-corrected chi connectivity index (χ1v) is 14.9. The summed E-state index contributed by atoms with van der Waals surface area (Å²) in [6, 6.07) is 11.9. The zero-order valence-electron chi connectivity index (χ0n) is 22.6. The van der Waals surface area contributed by atoms with Crippen LogP contribution in [0.2, 0.25) is 0 Å². The Morgan fingerprint density at radius 1 is 0.976 bits per heavy atom. The molecule has 2 aromatic carbocycles. The van der Waals surface area contributed by atoms with Crippen LogP contribution in [-0.2, 0) is 19.6 Å². The van der Waals surface area contributed by atoms with Gasteiger partial charge in [0.05, 0.1) is 30.1 Å². The number of rotatable bonds is 7. The van der Waals surface area contributed by atoms with Crippen molar-refractivity contribution in [2.75, 3.05) is 55.7 Å². The smallest absolute Gasteiger partial charge is 0.310 e. The van der Waals surface area contributed by atoms with E-state index >= 15 is 0 Å². The highest BCUT2D eigenvalue weighted by atomic mass is 32.2. The van der Waals surface area contributed by atoms with E-state index in [0.29, 0.717) is 43.0 Å². The molecule has 2 fully saturated rings. The van der Waals surface area contributed by atoms with Gasteiger partial charge in [-0.25, -0.2) is 17.2 Å². The first-order valence-electron chi connectivity index (χ1n) is 13.5. The summed E-state index contributed by atoms with van der Waals surface area (Å²) >= 11 is 0. The second-order valence-electron chi connectivity index (χ2n) is 9.91. The van der Waals surface area contributed by atoms with Crippen LogP contribution in [0.4, 0.5) is 20.2 Å². The van der Waals surface area contributed by atoms with Crippen LogP contribution in [0.1, 0.15) is 19.8 Å². The number of anilines is 2. The first kappa shape index (κ1) is 28.7. The molecule has 218 valence electrons. The van der Waals surface area contributed by atoms with E-state index < -0.39 is 32.5 Å². The number of carbonyl (C=O) groups is 1. The van der Waals surface area contributed by atoms with E-state index in [1.807, 2.05) is 15.9 Å². The molecule has 2 saturated heterocycles. The highest BCUT2D eigenvalue weighted by molar-refractivity contribution is 7.89. The molecule has 0 N–H and O–H groups in total. The van der Waals surface area contributed by atoms with E-state index in [4.69, 9.17) is 4.74 Å². The number of hydrogen-bond donors (Lipinski definition) is 0. The predicted octanol–water partition coefficient (Wildman–Crippen LogP) is 2.80. The Morgan fingerprint density at radius 3 is 2.32 bits per heavy atom. The number of sulfonamides is 1. The van der Waals surface area contributed by atoms with Crippen molar-refractivity contribution in [1.82, 2.24) is 14.1 Å². The monoisotopic (exact) mass is 587 g/mol. The fourth-order valence-electron chi connectivity index (χ4n) is 5.38. The maximum atomic E-state index is 14.3. The number of piperazine rings is 1. The lowest BCUT2D eigenvalue weighted by Crippen LogP contribution is -2.50. The molecule has 0 radical (unpaired) electrons. The van der Waals surface area contributed by atoms with Crippen LogP contribution in [0.5, 0.6) is 0 Å². The van der Waals surface area contributed by atoms with E-state index in [0.717, 1.165) is 22.5 Å². The topological polar surface area (TPSA) is 105 Å². The molecule has 1 unspecified atom stereocenters. The van der Waals surface area contributed by atoms with Crippen molar-refractivity contribution in [2.24, 2.45) is 5.92 Å². The molecule has 0 amide bonds. The van der Waals surface area contributed by atoms with Gasteiger partial charge in [-0.3, -0.25) is 9.59 Å². The van der Waals surface area contributed by atoms with E-state index in [9.17, 15) is 26.8 Å². The predicted molar refractivity (Wildman–Crippen MR) is 149 cm³/mol. The third kappa shape index (κ3) is 5.68. The highest BCUT2D eigenvalue weighted by Crippen LogP contribution is 2.32. The number of piperidine rings is 1. The van der Waals surface area contributed by atoms with Crippen molar-refractivity contribution in [3.63, 3.8) is 0 Å². The molecule has 10 nitrogen and oxygen atoms in total. The van der Waals surface area contributed by atoms with Gasteiger partial charge >= 0.3 is 5.97 Å². The molecular formula is C28H31F2N5O5S. The van der Waals surface area contributed by atoms with E-state index in [2.05, 4.69) is 5.10 Å². The number of esters is 1. The molecule has 0 aliphatic carbocycles. The first-order chi connectivity index (χ1) is 19.7. The normalized spacial score (nSPS) is 18.4. The molecule has 3 aromatic rings. The van der Waals surface area contributed by atoms with Crippen LogP contribution in [0.15, 0.2) is 64.4 Å². The van der Waals surface area contributed by atoms with Gasteiger partial charge in [-0.15, -0.1) is 0 Å². The standard InChI is InChI=1S/C28H31F2N5O5S/c1-2-40-28(37)20-8-7-13-33(19-20)25-24(18-31-35(27(25)36)21-9-4-3-5-10-21)32-14-16-34(17-15-32)41(38,39)26-22(29)11-6-12-23(26)30/h3-6,9-12,18,20H,2,7-8,13-17,19H2,1H3. The van der Waals surface area contributed by atoms with Crippen LogP contribution in [0.3, 0.4) is 0 Å². The molecule has 2 aliphatic rings. The summed E-state index contributed by atoms with van der Waals surface area (Å²) in [6.45, 7) is 3.06. The molecule has 13 heteroatoms. The van der Waals surface area contributed by atoms with Crippen molar-refractivity contribution >= 4 is 27.4 Å². The van der Waals surface area contributed by atoms with Crippen LogP contribution in [0.25, 0.3) is 5.69 Å². The molecule has 5 rings (SSSR count). The van der Waals surface area contributed by atoms with Crippen molar-refractivity contribution < 1.29 is 26.7 Å². The summed E-state index contributed by atoms with van der Waals surface area (Å²) in [6.07, 6.45) is 2.89. The SMILES string of the molecule is CCOC(=O)C1CCCN(c2c(N3CCN(S(=O)(=O)c4c(F)cccc4F)CC3)cnn(-c3ccccc3)c2=O)C1. The van der Waals surface area contributed by atoms with Crippen LogP contribution < -0.4 is 15.4 Å². The Hall–Kier alpha value is -3.84. The number of halogens is 2. The Balaban J connectivity index is 1.47. The second kappa shape index (κ2) is 12.0. The fourth-order valence-corrected chi connectivity index (χ4v) is 6.91. The molecule has 1 aromatic heterocycles. The maximum absolute atomic E-state index is 14.3. The number of nitrogens with zero attached hydrogens (tertiary/aromatic N) is 5. The lowest BCUT2D eigenvalue weighted by atomic mass is 9.97. The molecule has 3 heterocycles. The Bertz CT molecular complexity index is 1560. The summed E-state index contributed by atoms with van der Waals surface area (Å²) in [5.41, 5.74) is 1.06. The Morgan fingerprint density at radius 2 is 1.66 bits per heavy atom. The van der Waals surface area contributed by atoms with E-state index in [1.54, 1.807) is 37.4 Å². The molecule has 41 heavy (non-hydrogen) atoms. The summed E-state index contributed by atoms with van der Waals surface area (Å²) in [7, 11) is -4.42. The third-order valence-corrected chi connectivity index (χ3v) is 9.34. The van der Waals surface area contributed by atoms with Crippen molar-refractivity contribution in [2.45, 2.75) is 24.7 Å². The summed E-state index contributed by atoms with van der Waals surface area (Å²) < 4.78 is 62.4. The average Bonchev–Trinajstić information content (AvgIpc) is 2.97. The van der Waals surface area contributed by atoms with Gasteiger partial charge in [-0.05, 0) is 44.0 Å². The lowest BCUT2D eigenvalue weighted by molar-refractivity contribution is -0.148. The second-order valence-corrected chi connectivity index (χ2v) is 11.8. The molecular weight excluding hydrogens is 556 g/mol. The van der Waals surface area contributed by atoms with Crippen LogP contribution in [-0.4, -0.2) is 74.3 Å². The summed E-state index contributed by atoms with van der Waals surface area (Å²) in [5.74, 6) is -3.00. The van der Waals surface area contributed by atoms with Gasteiger partial charge < -0.3 is 14.5 Å². The van der Waals surface area contributed by atoms with Gasteiger partial charge in [-0.2, -0.15) is 14.1 Å². The Labute approximate surface area is 236 Å². The third-order valence-electron chi connectivity index (χ3n) is 7.39. The number of benzene rings is 2.